The topological polar surface area (TPSA) is 94.4 Å². The van der Waals surface area contributed by atoms with Crippen LogP contribution in [0.25, 0.3) is 11.0 Å². The highest BCUT2D eigenvalue weighted by molar-refractivity contribution is 6.32. The van der Waals surface area contributed by atoms with E-state index in [-0.39, 0.29) is 23.1 Å². The lowest BCUT2D eigenvalue weighted by Crippen LogP contribution is -2.59. The summed E-state index contributed by atoms with van der Waals surface area (Å²) < 4.78 is 5.90. The maximum atomic E-state index is 13.5. The van der Waals surface area contributed by atoms with Crippen LogP contribution in [0, 0.1) is 10.9 Å². The number of ether oxygens (including phenoxy) is 1. The van der Waals surface area contributed by atoms with Crippen LogP contribution >= 0.6 is 11.6 Å². The predicted octanol–water partition coefficient (Wildman–Crippen LogP) is 7.82. The van der Waals surface area contributed by atoms with Gasteiger partial charge in [-0.25, -0.2) is 15.3 Å². The molecular formula is C28H34ClN5O2. The van der Waals surface area contributed by atoms with Gasteiger partial charge in [0.05, 0.1) is 5.02 Å². The van der Waals surface area contributed by atoms with Crippen LogP contribution in [0.2, 0.25) is 5.02 Å². The maximum Gasteiger partial charge on any atom is 0.411 e. The summed E-state index contributed by atoms with van der Waals surface area (Å²) >= 11 is 6.67. The number of fused-ring (bicyclic) bond motifs is 4. The normalized spacial score (nSPS) is 24.4. The van der Waals surface area contributed by atoms with Gasteiger partial charge in [-0.1, -0.05) is 41.9 Å². The van der Waals surface area contributed by atoms with Gasteiger partial charge in [0.25, 0.3) is 0 Å². The average molecular weight is 508 g/mol. The number of benzene rings is 1. The van der Waals surface area contributed by atoms with Crippen LogP contribution in [-0.4, -0.2) is 32.1 Å². The monoisotopic (exact) mass is 507 g/mol. The van der Waals surface area contributed by atoms with Crippen molar-refractivity contribution >= 4 is 28.7 Å². The summed E-state index contributed by atoms with van der Waals surface area (Å²) in [5.74, 6) is 0. The highest BCUT2D eigenvalue weighted by Gasteiger charge is 2.56. The molecule has 8 heteroatoms. The number of carbonyl (C=O) groups is 1. The first kappa shape index (κ1) is 24.8. The molecule has 2 N–H and O–H groups in total. The lowest BCUT2D eigenvalue weighted by Gasteiger charge is -2.58. The molecule has 2 heterocycles. The van der Waals surface area contributed by atoms with Crippen LogP contribution in [0.5, 0.6) is 0 Å². The summed E-state index contributed by atoms with van der Waals surface area (Å²) in [6.45, 7) is 6.26. The molecule has 0 spiro atoms. The molecule has 3 aliphatic carbocycles. The highest BCUT2D eigenvalue weighted by atomic mass is 35.5. The van der Waals surface area contributed by atoms with Crippen molar-refractivity contribution in [2.45, 2.75) is 83.0 Å². The number of hydrogen-bond acceptors (Lipinski definition) is 5. The molecule has 3 fully saturated rings. The summed E-state index contributed by atoms with van der Waals surface area (Å²) in [6.07, 6.45) is 8.43. The maximum absolute atomic E-state index is 13.5. The molecule has 190 valence electrons. The molecule has 6 rings (SSSR count). The van der Waals surface area contributed by atoms with Gasteiger partial charge >= 0.3 is 6.09 Å². The predicted molar refractivity (Wildman–Crippen MR) is 140 cm³/mol. The molecule has 36 heavy (non-hydrogen) atoms. The summed E-state index contributed by atoms with van der Waals surface area (Å²) in [6, 6.07) is 11.8. The number of rotatable bonds is 6. The Labute approximate surface area is 217 Å². The minimum absolute atomic E-state index is 0.162. The Morgan fingerprint density at radius 2 is 1.83 bits per heavy atom. The van der Waals surface area contributed by atoms with Crippen LogP contribution in [0.15, 0.2) is 53.9 Å². The molecule has 3 saturated carbocycles. The van der Waals surface area contributed by atoms with Gasteiger partial charge in [-0.15, -0.1) is 0 Å². The number of aromatic amines is 1. The van der Waals surface area contributed by atoms with E-state index in [1.165, 1.54) is 0 Å². The second-order valence-electron chi connectivity index (χ2n) is 11.4. The number of aromatic nitrogens is 2. The van der Waals surface area contributed by atoms with Crippen LogP contribution in [0.3, 0.4) is 0 Å². The lowest BCUT2D eigenvalue weighted by atomic mass is 9.53. The molecule has 1 aromatic carbocycles. The molecule has 3 aromatic rings. The first-order chi connectivity index (χ1) is 17.2. The number of nitrogens with zero attached hydrogens (tertiary/aromatic N) is 3. The largest absolute Gasteiger partial charge is 0.444 e. The number of H-pyrrole nitrogens is 1. The van der Waals surface area contributed by atoms with E-state index >= 15 is 0 Å². The fraction of sp³-hybridized carbons (Fsp3) is 0.500. The van der Waals surface area contributed by atoms with Crippen LogP contribution in [0.4, 0.5) is 4.79 Å². The number of pyridine rings is 1. The van der Waals surface area contributed by atoms with Crippen molar-refractivity contribution in [3.8, 4) is 0 Å². The molecule has 2 bridgehead atoms. The molecule has 0 radical (unpaired) electrons. The van der Waals surface area contributed by atoms with Crippen LogP contribution in [-0.2, 0) is 11.3 Å². The smallest absolute Gasteiger partial charge is 0.411 e. The number of nitrogens with one attached hydrogen (secondary N) is 2. The van der Waals surface area contributed by atoms with E-state index in [1.54, 1.807) is 6.20 Å². The second kappa shape index (κ2) is 9.18. The van der Waals surface area contributed by atoms with E-state index in [0.717, 1.165) is 60.7 Å². The van der Waals surface area contributed by atoms with Gasteiger partial charge in [0, 0.05) is 35.4 Å². The van der Waals surface area contributed by atoms with Crippen molar-refractivity contribution < 1.29 is 9.53 Å². The van der Waals surface area contributed by atoms with Crippen molar-refractivity contribution in [3.05, 3.63) is 64.9 Å². The van der Waals surface area contributed by atoms with Crippen LogP contribution in [0.1, 0.15) is 76.5 Å². The van der Waals surface area contributed by atoms with Gasteiger partial charge in [0.2, 0.25) is 0 Å². The van der Waals surface area contributed by atoms with Crippen molar-refractivity contribution in [3.63, 3.8) is 0 Å². The third kappa shape index (κ3) is 4.38. The first-order valence-corrected chi connectivity index (χ1v) is 13.1. The summed E-state index contributed by atoms with van der Waals surface area (Å²) in [5, 5.41) is 5.66. The SMILES string of the molecule is CC(C)(C)OC(=O)N(Cc1ccccc1)C12CCC(C(N=N)c3c(Cl)cnc4[nH]ccc34)(CC1)CC2. The zero-order chi connectivity index (χ0) is 25.6. The zero-order valence-electron chi connectivity index (χ0n) is 21.2. The second-order valence-corrected chi connectivity index (χ2v) is 11.8. The summed E-state index contributed by atoms with van der Waals surface area (Å²) in [5.41, 5.74) is 9.96. The highest BCUT2D eigenvalue weighted by Crippen LogP contribution is 2.61. The van der Waals surface area contributed by atoms with Crippen LogP contribution < -0.4 is 0 Å². The Morgan fingerprint density at radius 1 is 1.17 bits per heavy atom. The molecule has 1 atom stereocenters. The van der Waals surface area contributed by atoms with E-state index in [4.69, 9.17) is 21.9 Å². The molecule has 1 amide bonds. The van der Waals surface area contributed by atoms with E-state index in [0.29, 0.717) is 11.6 Å². The quantitative estimate of drug-likeness (QED) is 0.333. The number of carbonyl (C=O) groups excluding carboxylic acids is 1. The molecule has 7 nitrogen and oxygen atoms in total. The van der Waals surface area contributed by atoms with Gasteiger partial charge in [-0.05, 0) is 76.3 Å². The van der Waals surface area contributed by atoms with E-state index in [1.807, 2.05) is 56.1 Å². The Morgan fingerprint density at radius 3 is 2.44 bits per heavy atom. The average Bonchev–Trinajstić information content (AvgIpc) is 3.34. The van der Waals surface area contributed by atoms with E-state index in [9.17, 15) is 4.79 Å². The first-order valence-electron chi connectivity index (χ1n) is 12.7. The van der Waals surface area contributed by atoms with Gasteiger partial charge in [-0.3, -0.25) is 4.90 Å². The Kier molecular flexibility index (Phi) is 6.31. The number of amides is 1. The molecule has 2 aromatic heterocycles. The minimum Gasteiger partial charge on any atom is -0.444 e. The minimum atomic E-state index is -0.565. The zero-order valence-corrected chi connectivity index (χ0v) is 21.9. The fourth-order valence-corrected chi connectivity index (χ4v) is 6.56. The molecule has 0 saturated heterocycles. The third-order valence-electron chi connectivity index (χ3n) is 8.20. The standard InChI is InChI=1S/C28H34ClN5O2/c1-26(2,3)36-25(35)34(18-19-7-5-4-6-8-19)28-13-10-27(11-14-28,12-15-28)23(33-30)22-20-9-16-31-24(20)32-17-21(22)29/h4-9,16-17,23,30H,10-15,18H2,1-3H3,(H,31,32). The van der Waals surface area contributed by atoms with Gasteiger partial charge in [0.1, 0.15) is 17.3 Å². The lowest BCUT2D eigenvalue weighted by molar-refractivity contribution is -0.0753. The van der Waals surface area contributed by atoms with Gasteiger partial charge < -0.3 is 9.72 Å². The summed E-state index contributed by atoms with van der Waals surface area (Å²) in [7, 11) is 0. The molecule has 1 unspecified atom stereocenters. The Balaban J connectivity index is 1.45. The molecule has 0 aliphatic heterocycles. The third-order valence-corrected chi connectivity index (χ3v) is 8.50. The Bertz CT molecular complexity index is 1240. The number of halogens is 1. The van der Waals surface area contributed by atoms with Crippen molar-refractivity contribution in [1.82, 2.24) is 14.9 Å². The van der Waals surface area contributed by atoms with Gasteiger partial charge in [-0.2, -0.15) is 5.11 Å². The molecular weight excluding hydrogens is 474 g/mol. The fourth-order valence-electron chi connectivity index (χ4n) is 6.31. The molecule has 3 aliphatic rings. The summed E-state index contributed by atoms with van der Waals surface area (Å²) in [4.78, 5) is 23.1. The van der Waals surface area contributed by atoms with Crippen molar-refractivity contribution in [2.75, 3.05) is 0 Å². The van der Waals surface area contributed by atoms with E-state index < -0.39 is 5.60 Å². The van der Waals surface area contributed by atoms with E-state index in [2.05, 4.69) is 27.2 Å². The number of hydrogen-bond donors (Lipinski definition) is 2. The van der Waals surface area contributed by atoms with Gasteiger partial charge in [0.15, 0.2) is 0 Å². The van der Waals surface area contributed by atoms with Crippen molar-refractivity contribution in [2.24, 2.45) is 10.5 Å². The van der Waals surface area contributed by atoms with Crippen molar-refractivity contribution in [1.29, 1.82) is 5.53 Å². The Hall–Kier alpha value is -2.93.